The second-order valence-corrected chi connectivity index (χ2v) is 3.99. The van der Waals surface area contributed by atoms with Crippen molar-refractivity contribution in [2.45, 2.75) is 40.5 Å². The number of hydrogen-bond donors (Lipinski definition) is 0. The molecule has 0 aromatic heterocycles. The van der Waals surface area contributed by atoms with Crippen molar-refractivity contribution in [2.24, 2.45) is 5.41 Å². The maximum absolute atomic E-state index is 3.86. The summed E-state index contributed by atoms with van der Waals surface area (Å²) in [6.45, 7) is 12.7. The molecule has 0 atom stereocenters. The molecule has 0 nitrogen and oxygen atoms in total. The molecule has 0 heteroatoms. The van der Waals surface area contributed by atoms with Crippen LogP contribution in [0.2, 0.25) is 0 Å². The average molecular weight is 178 g/mol. The highest BCUT2D eigenvalue weighted by molar-refractivity contribution is 5.27. The summed E-state index contributed by atoms with van der Waals surface area (Å²) >= 11 is 0. The number of hydrogen-bond acceptors (Lipinski definition) is 0. The molecule has 0 saturated carbocycles. The lowest BCUT2D eigenvalue weighted by atomic mass is 9.80. The molecule has 0 amide bonds. The zero-order valence-corrected chi connectivity index (χ0v) is 9.43. The summed E-state index contributed by atoms with van der Waals surface area (Å²) in [4.78, 5) is 0. The van der Waals surface area contributed by atoms with Crippen LogP contribution in [-0.4, -0.2) is 0 Å². The van der Waals surface area contributed by atoms with Gasteiger partial charge in [0, 0.05) is 0 Å². The Hall–Kier alpha value is -0.780. The Labute approximate surface area is 83.0 Å². The van der Waals surface area contributed by atoms with E-state index in [9.17, 15) is 0 Å². The van der Waals surface area contributed by atoms with E-state index in [1.165, 1.54) is 18.4 Å². The third-order valence-electron chi connectivity index (χ3n) is 2.34. The minimum atomic E-state index is 0.260. The summed E-state index contributed by atoms with van der Waals surface area (Å²) in [5.74, 6) is 0. The molecule has 0 aromatic rings. The summed E-state index contributed by atoms with van der Waals surface area (Å²) in [6, 6.07) is 0. The molecule has 0 aliphatic rings. The Balaban J connectivity index is 4.64. The molecule has 0 aliphatic carbocycles. The van der Waals surface area contributed by atoms with Gasteiger partial charge in [-0.2, -0.15) is 0 Å². The molecular formula is C13H22. The first kappa shape index (κ1) is 12.2. The van der Waals surface area contributed by atoms with Crippen molar-refractivity contribution in [3.8, 4) is 0 Å². The van der Waals surface area contributed by atoms with Crippen molar-refractivity contribution < 1.29 is 0 Å². The first-order valence-electron chi connectivity index (χ1n) is 5.04. The van der Waals surface area contributed by atoms with Gasteiger partial charge in [-0.25, -0.2) is 0 Å². The largest absolute Gasteiger partial charge is 0.0988 e. The molecule has 0 heterocycles. The molecule has 0 bridgehead atoms. The van der Waals surface area contributed by atoms with Crippen molar-refractivity contribution in [1.82, 2.24) is 0 Å². The molecule has 13 heavy (non-hydrogen) atoms. The number of allylic oxidation sites excluding steroid dienone is 5. The highest BCUT2D eigenvalue weighted by atomic mass is 14.2. The van der Waals surface area contributed by atoms with E-state index in [0.717, 1.165) is 0 Å². The van der Waals surface area contributed by atoms with Gasteiger partial charge < -0.3 is 0 Å². The highest BCUT2D eigenvalue weighted by Gasteiger charge is 2.18. The molecule has 0 unspecified atom stereocenters. The molecular weight excluding hydrogens is 156 g/mol. The molecule has 0 saturated heterocycles. The Bertz CT molecular complexity index is 204. The lowest BCUT2D eigenvalue weighted by Gasteiger charge is -2.25. The second kappa shape index (κ2) is 5.80. The lowest BCUT2D eigenvalue weighted by Crippen LogP contribution is -2.12. The monoisotopic (exact) mass is 178 g/mol. The van der Waals surface area contributed by atoms with Crippen molar-refractivity contribution >= 4 is 0 Å². The van der Waals surface area contributed by atoms with Crippen molar-refractivity contribution in [2.75, 3.05) is 0 Å². The Kier molecular flexibility index (Phi) is 5.45. The van der Waals surface area contributed by atoms with Gasteiger partial charge in [-0.1, -0.05) is 58.1 Å². The van der Waals surface area contributed by atoms with Crippen LogP contribution < -0.4 is 0 Å². The van der Waals surface area contributed by atoms with E-state index in [1.807, 2.05) is 19.1 Å². The average Bonchev–Trinajstić information content (AvgIpc) is 2.05. The fraction of sp³-hybridized carbons (Fsp3) is 0.538. The van der Waals surface area contributed by atoms with Crippen molar-refractivity contribution in [3.63, 3.8) is 0 Å². The van der Waals surface area contributed by atoms with E-state index in [0.29, 0.717) is 0 Å². The van der Waals surface area contributed by atoms with Crippen LogP contribution in [0.15, 0.2) is 36.5 Å². The van der Waals surface area contributed by atoms with Gasteiger partial charge in [0.25, 0.3) is 0 Å². The zero-order valence-electron chi connectivity index (χ0n) is 9.43. The summed E-state index contributed by atoms with van der Waals surface area (Å²) in [6.07, 6.45) is 10.7. The normalized spacial score (nSPS) is 13.7. The van der Waals surface area contributed by atoms with Gasteiger partial charge >= 0.3 is 0 Å². The van der Waals surface area contributed by atoms with Gasteiger partial charge in [0.15, 0.2) is 0 Å². The van der Waals surface area contributed by atoms with Crippen LogP contribution in [0.3, 0.4) is 0 Å². The van der Waals surface area contributed by atoms with E-state index in [4.69, 9.17) is 0 Å². The van der Waals surface area contributed by atoms with Gasteiger partial charge in [0.05, 0.1) is 0 Å². The Morgan fingerprint density at radius 2 is 2.00 bits per heavy atom. The van der Waals surface area contributed by atoms with E-state index in [1.54, 1.807) is 0 Å². The standard InChI is InChI=1S/C13H22/c1-6-9-10-12(8-3)13(4,5)11-7-2/h6,8-10H,3,7,11H2,1-2,4-5H3/b9-6+,12-10+. The quantitative estimate of drug-likeness (QED) is 0.544. The topological polar surface area (TPSA) is 0 Å². The van der Waals surface area contributed by atoms with Crippen molar-refractivity contribution in [1.29, 1.82) is 0 Å². The zero-order chi connectivity index (χ0) is 10.3. The Morgan fingerprint density at radius 3 is 2.38 bits per heavy atom. The third kappa shape index (κ3) is 4.12. The first-order chi connectivity index (χ1) is 6.08. The lowest BCUT2D eigenvalue weighted by molar-refractivity contribution is 0.412. The van der Waals surface area contributed by atoms with Gasteiger partial charge in [-0.05, 0) is 24.3 Å². The minimum absolute atomic E-state index is 0.260. The van der Waals surface area contributed by atoms with E-state index < -0.39 is 0 Å². The molecule has 0 N–H and O–H groups in total. The summed E-state index contributed by atoms with van der Waals surface area (Å²) in [5.41, 5.74) is 1.59. The van der Waals surface area contributed by atoms with Crippen molar-refractivity contribution in [3.05, 3.63) is 36.5 Å². The first-order valence-corrected chi connectivity index (χ1v) is 5.04. The second-order valence-electron chi connectivity index (χ2n) is 3.99. The molecule has 74 valence electrons. The number of rotatable bonds is 5. The van der Waals surface area contributed by atoms with Gasteiger partial charge in [0.1, 0.15) is 0 Å². The van der Waals surface area contributed by atoms with Crippen LogP contribution in [0.1, 0.15) is 40.5 Å². The molecule has 0 aromatic carbocycles. The van der Waals surface area contributed by atoms with E-state index >= 15 is 0 Å². The SMILES string of the molecule is C=C/C(=C\C=C\C)C(C)(C)CCC. The fourth-order valence-corrected chi connectivity index (χ4v) is 1.54. The molecule has 0 aliphatic heterocycles. The molecule has 0 spiro atoms. The summed E-state index contributed by atoms with van der Waals surface area (Å²) in [7, 11) is 0. The molecule has 0 rings (SSSR count). The summed E-state index contributed by atoms with van der Waals surface area (Å²) in [5, 5.41) is 0. The van der Waals surface area contributed by atoms with Crippen LogP contribution in [0.4, 0.5) is 0 Å². The molecule has 0 fully saturated rings. The van der Waals surface area contributed by atoms with Crippen LogP contribution in [0.5, 0.6) is 0 Å². The van der Waals surface area contributed by atoms with Gasteiger partial charge in [-0.3, -0.25) is 0 Å². The fourth-order valence-electron chi connectivity index (χ4n) is 1.54. The van der Waals surface area contributed by atoms with Gasteiger partial charge in [0.2, 0.25) is 0 Å². The van der Waals surface area contributed by atoms with E-state index in [2.05, 4.69) is 39.5 Å². The summed E-state index contributed by atoms with van der Waals surface area (Å²) < 4.78 is 0. The van der Waals surface area contributed by atoms with Crippen LogP contribution >= 0.6 is 0 Å². The van der Waals surface area contributed by atoms with Gasteiger partial charge in [-0.15, -0.1) is 0 Å². The maximum atomic E-state index is 3.86. The smallest absolute Gasteiger partial charge is 0.0104 e. The minimum Gasteiger partial charge on any atom is -0.0988 e. The van der Waals surface area contributed by atoms with Crippen LogP contribution in [0, 0.1) is 5.41 Å². The Morgan fingerprint density at radius 1 is 1.38 bits per heavy atom. The third-order valence-corrected chi connectivity index (χ3v) is 2.34. The predicted octanol–water partition coefficient (Wildman–Crippen LogP) is 4.50. The predicted molar refractivity (Wildman–Crippen MR) is 61.8 cm³/mol. The van der Waals surface area contributed by atoms with E-state index in [-0.39, 0.29) is 5.41 Å². The maximum Gasteiger partial charge on any atom is -0.0104 e. The van der Waals surface area contributed by atoms with Crippen LogP contribution in [0.25, 0.3) is 0 Å². The molecule has 0 radical (unpaired) electrons. The van der Waals surface area contributed by atoms with Crippen LogP contribution in [-0.2, 0) is 0 Å². The highest BCUT2D eigenvalue weighted by Crippen LogP contribution is 2.32.